The normalized spacial score (nSPS) is 20.6. The molecule has 146 valence electrons. The molecule has 0 radical (unpaired) electrons. The van der Waals surface area contributed by atoms with Crippen LogP contribution in [-0.2, 0) is 11.2 Å². The summed E-state index contributed by atoms with van der Waals surface area (Å²) in [6, 6.07) is 16.1. The van der Waals surface area contributed by atoms with Crippen molar-refractivity contribution < 1.29 is 4.79 Å². The van der Waals surface area contributed by atoms with Gasteiger partial charge in [0, 0.05) is 19.5 Å². The van der Waals surface area contributed by atoms with Gasteiger partial charge in [-0.3, -0.25) is 4.79 Å². The van der Waals surface area contributed by atoms with E-state index < -0.39 is 0 Å². The monoisotopic (exact) mass is 375 g/mol. The molecule has 28 heavy (non-hydrogen) atoms. The van der Waals surface area contributed by atoms with E-state index in [-0.39, 0.29) is 11.9 Å². The Labute approximate surface area is 167 Å². The number of aryl methyl sites for hydroxylation is 2. The summed E-state index contributed by atoms with van der Waals surface area (Å²) in [4.78, 5) is 22.5. The van der Waals surface area contributed by atoms with Gasteiger partial charge >= 0.3 is 0 Å². The summed E-state index contributed by atoms with van der Waals surface area (Å²) in [6.45, 7) is 8.43. The number of hydrogen-bond donors (Lipinski definition) is 0. The molecule has 2 aliphatic rings. The van der Waals surface area contributed by atoms with E-state index in [2.05, 4.69) is 49.9 Å². The van der Waals surface area contributed by atoms with Gasteiger partial charge in [-0.2, -0.15) is 0 Å². The van der Waals surface area contributed by atoms with Gasteiger partial charge in [0.05, 0.1) is 5.69 Å². The number of carbonyl (C=O) groups is 1. The highest BCUT2D eigenvalue weighted by Crippen LogP contribution is 2.28. The lowest BCUT2D eigenvalue weighted by Gasteiger charge is -2.34. The average molecular weight is 376 g/mol. The summed E-state index contributed by atoms with van der Waals surface area (Å²) in [6.07, 6.45) is 2.95. The number of likely N-dealkylation sites (tertiary alicyclic amines) is 1. The molecule has 2 aromatic rings. The molecule has 0 spiro atoms. The smallest absolute Gasteiger partial charge is 0.259 e. The molecule has 0 N–H and O–H groups in total. The van der Waals surface area contributed by atoms with Gasteiger partial charge in [-0.1, -0.05) is 43.3 Å². The summed E-state index contributed by atoms with van der Waals surface area (Å²) in [5, 5.41) is 0. The molecule has 0 saturated carbocycles. The van der Waals surface area contributed by atoms with E-state index in [1.54, 1.807) is 0 Å². The number of nitrogens with zero attached hydrogens (tertiary/aromatic N) is 3. The fourth-order valence-electron chi connectivity index (χ4n) is 4.01. The summed E-state index contributed by atoms with van der Waals surface area (Å²) in [5.41, 5.74) is 4.52. The standard InChI is InChI=1S/C24H29N3O/c1-17-11-13-26(14-12-17)24-25-22(16-20-7-5-4-6-8-20)23(28)27(24)21-10-9-18(2)19(3)15-21/h4-10,15,17,22H,11-14,16H2,1-3H3. The first-order valence-corrected chi connectivity index (χ1v) is 10.3. The van der Waals surface area contributed by atoms with Gasteiger partial charge in [0.2, 0.25) is 5.96 Å². The first kappa shape index (κ1) is 18.7. The zero-order chi connectivity index (χ0) is 19.7. The van der Waals surface area contributed by atoms with Crippen LogP contribution in [-0.4, -0.2) is 35.9 Å². The van der Waals surface area contributed by atoms with Crippen LogP contribution in [0, 0.1) is 19.8 Å². The van der Waals surface area contributed by atoms with Crippen LogP contribution < -0.4 is 4.90 Å². The highest BCUT2D eigenvalue weighted by atomic mass is 16.2. The zero-order valence-electron chi connectivity index (χ0n) is 17.1. The van der Waals surface area contributed by atoms with Crippen molar-refractivity contribution in [3.8, 4) is 0 Å². The predicted octanol–water partition coefficient (Wildman–Crippen LogP) is 4.35. The van der Waals surface area contributed by atoms with Crippen molar-refractivity contribution in [1.82, 2.24) is 4.90 Å². The van der Waals surface area contributed by atoms with Crippen LogP contribution in [0.1, 0.15) is 36.5 Å². The molecule has 1 amide bonds. The Kier molecular flexibility index (Phi) is 5.21. The topological polar surface area (TPSA) is 35.9 Å². The molecule has 0 aromatic heterocycles. The second kappa shape index (κ2) is 7.78. The number of amides is 1. The van der Waals surface area contributed by atoms with E-state index in [1.807, 2.05) is 29.2 Å². The van der Waals surface area contributed by atoms with Crippen LogP contribution in [0.15, 0.2) is 53.5 Å². The molecule has 2 aromatic carbocycles. The Morgan fingerprint density at radius 2 is 1.71 bits per heavy atom. The van der Waals surface area contributed by atoms with Gasteiger partial charge in [0.25, 0.3) is 5.91 Å². The number of piperidine rings is 1. The van der Waals surface area contributed by atoms with Gasteiger partial charge in [-0.05, 0) is 61.4 Å². The average Bonchev–Trinajstić information content (AvgIpc) is 3.02. The first-order valence-electron chi connectivity index (χ1n) is 10.3. The van der Waals surface area contributed by atoms with E-state index in [4.69, 9.17) is 4.99 Å². The van der Waals surface area contributed by atoms with Crippen LogP contribution >= 0.6 is 0 Å². The Balaban J connectivity index is 1.67. The minimum Gasteiger partial charge on any atom is -0.342 e. The van der Waals surface area contributed by atoms with Gasteiger partial charge in [-0.25, -0.2) is 9.89 Å². The van der Waals surface area contributed by atoms with Crippen molar-refractivity contribution >= 4 is 17.6 Å². The molecule has 4 rings (SSSR count). The van der Waals surface area contributed by atoms with Crippen molar-refractivity contribution in [3.05, 3.63) is 65.2 Å². The van der Waals surface area contributed by atoms with E-state index in [9.17, 15) is 4.79 Å². The summed E-state index contributed by atoms with van der Waals surface area (Å²) < 4.78 is 0. The van der Waals surface area contributed by atoms with Crippen molar-refractivity contribution in [1.29, 1.82) is 0 Å². The Morgan fingerprint density at radius 3 is 2.39 bits per heavy atom. The second-order valence-electron chi connectivity index (χ2n) is 8.25. The van der Waals surface area contributed by atoms with E-state index in [1.165, 1.54) is 11.1 Å². The van der Waals surface area contributed by atoms with Crippen LogP contribution in [0.3, 0.4) is 0 Å². The zero-order valence-corrected chi connectivity index (χ0v) is 17.1. The van der Waals surface area contributed by atoms with Crippen LogP contribution in [0.4, 0.5) is 5.69 Å². The third kappa shape index (κ3) is 3.68. The molecule has 2 aliphatic heterocycles. The van der Waals surface area contributed by atoms with Gasteiger partial charge < -0.3 is 4.90 Å². The highest BCUT2D eigenvalue weighted by Gasteiger charge is 2.39. The first-order chi connectivity index (χ1) is 13.5. The molecule has 1 unspecified atom stereocenters. The van der Waals surface area contributed by atoms with Crippen molar-refractivity contribution in [2.75, 3.05) is 18.0 Å². The molecule has 0 aliphatic carbocycles. The maximum Gasteiger partial charge on any atom is 0.259 e. The third-order valence-electron chi connectivity index (χ3n) is 6.06. The quantitative estimate of drug-likeness (QED) is 0.800. The largest absolute Gasteiger partial charge is 0.342 e. The van der Waals surface area contributed by atoms with Crippen molar-refractivity contribution in [2.45, 2.75) is 46.1 Å². The molecule has 4 heteroatoms. The number of benzene rings is 2. The predicted molar refractivity (Wildman–Crippen MR) is 115 cm³/mol. The van der Waals surface area contributed by atoms with Crippen molar-refractivity contribution in [2.24, 2.45) is 10.9 Å². The summed E-state index contributed by atoms with van der Waals surface area (Å²) in [7, 11) is 0. The van der Waals surface area contributed by atoms with E-state index in [0.717, 1.165) is 49.1 Å². The summed E-state index contributed by atoms with van der Waals surface area (Å²) in [5.74, 6) is 1.66. The minimum absolute atomic E-state index is 0.0840. The minimum atomic E-state index is -0.349. The fraction of sp³-hybridized carbons (Fsp3) is 0.417. The van der Waals surface area contributed by atoms with Gasteiger partial charge in [-0.15, -0.1) is 0 Å². The second-order valence-corrected chi connectivity index (χ2v) is 8.25. The lowest BCUT2D eigenvalue weighted by Crippen LogP contribution is -2.47. The summed E-state index contributed by atoms with van der Waals surface area (Å²) >= 11 is 0. The molecule has 2 heterocycles. The molecule has 4 nitrogen and oxygen atoms in total. The lowest BCUT2D eigenvalue weighted by atomic mass is 9.99. The molecule has 1 saturated heterocycles. The third-order valence-corrected chi connectivity index (χ3v) is 6.06. The van der Waals surface area contributed by atoms with Gasteiger partial charge in [0.15, 0.2) is 0 Å². The number of rotatable bonds is 3. The lowest BCUT2D eigenvalue weighted by molar-refractivity contribution is -0.118. The van der Waals surface area contributed by atoms with Crippen molar-refractivity contribution in [3.63, 3.8) is 0 Å². The molecule has 0 bridgehead atoms. The Bertz CT molecular complexity index is 882. The van der Waals surface area contributed by atoms with Crippen LogP contribution in [0.5, 0.6) is 0 Å². The van der Waals surface area contributed by atoms with Gasteiger partial charge in [0.1, 0.15) is 6.04 Å². The molecule has 1 atom stereocenters. The Morgan fingerprint density at radius 1 is 1.00 bits per heavy atom. The number of aliphatic imine (C=N–C) groups is 1. The molecular weight excluding hydrogens is 346 g/mol. The van der Waals surface area contributed by atoms with E-state index in [0.29, 0.717) is 6.42 Å². The van der Waals surface area contributed by atoms with Crippen LogP contribution in [0.2, 0.25) is 0 Å². The highest BCUT2D eigenvalue weighted by molar-refractivity contribution is 6.22. The number of hydrogen-bond acceptors (Lipinski definition) is 3. The fourth-order valence-corrected chi connectivity index (χ4v) is 4.01. The van der Waals surface area contributed by atoms with Crippen LogP contribution in [0.25, 0.3) is 0 Å². The number of guanidine groups is 1. The number of anilines is 1. The Hall–Kier alpha value is -2.62. The maximum absolute atomic E-state index is 13.4. The molecule has 1 fully saturated rings. The van der Waals surface area contributed by atoms with E-state index >= 15 is 0 Å². The number of carbonyl (C=O) groups excluding carboxylic acids is 1. The SMILES string of the molecule is Cc1ccc(N2C(=O)C(Cc3ccccc3)N=C2N2CCC(C)CC2)cc1C. The maximum atomic E-state index is 13.4. The molecular formula is C24H29N3O.